The Morgan fingerprint density at radius 1 is 1.48 bits per heavy atom. The van der Waals surface area contributed by atoms with Crippen molar-refractivity contribution in [3.8, 4) is 0 Å². The average molecular weight is 375 g/mol. The van der Waals surface area contributed by atoms with Gasteiger partial charge in [0.2, 0.25) is 0 Å². The van der Waals surface area contributed by atoms with Crippen LogP contribution in [-0.4, -0.2) is 22.5 Å². The Morgan fingerprint density at radius 3 is 2.76 bits per heavy atom. The molecule has 1 aliphatic carbocycles. The van der Waals surface area contributed by atoms with Gasteiger partial charge in [-0.15, -0.1) is 0 Å². The Hall–Kier alpha value is -1.07. The lowest BCUT2D eigenvalue weighted by Gasteiger charge is -2.37. The van der Waals surface area contributed by atoms with Gasteiger partial charge in [-0.2, -0.15) is 0 Å². The van der Waals surface area contributed by atoms with E-state index in [0.717, 1.165) is 12.8 Å². The molecule has 0 radical (unpaired) electrons. The van der Waals surface area contributed by atoms with Crippen LogP contribution in [0.1, 0.15) is 43.0 Å². The maximum atomic E-state index is 12.4. The van der Waals surface area contributed by atoms with E-state index in [1.54, 1.807) is 18.2 Å². The third-order valence-corrected chi connectivity index (χ3v) is 5.16. The first-order chi connectivity index (χ1) is 9.84. The fourth-order valence-corrected chi connectivity index (χ4v) is 3.34. The summed E-state index contributed by atoms with van der Waals surface area (Å²) in [6.07, 6.45) is 2.73. The van der Waals surface area contributed by atoms with Gasteiger partial charge >= 0.3 is 5.97 Å². The molecule has 21 heavy (non-hydrogen) atoms. The molecule has 1 aliphatic rings. The molecule has 0 saturated heterocycles. The molecule has 2 rings (SSSR count). The van der Waals surface area contributed by atoms with Gasteiger partial charge in [0.1, 0.15) is 5.54 Å². The number of carbonyl (C=O) groups excluding carboxylic acids is 1. The van der Waals surface area contributed by atoms with Crippen molar-refractivity contribution < 1.29 is 14.7 Å². The Kier molecular flexibility index (Phi) is 4.94. The number of aliphatic carboxylic acids is 1. The molecule has 2 N–H and O–H groups in total. The topological polar surface area (TPSA) is 66.4 Å². The zero-order valence-electron chi connectivity index (χ0n) is 11.7. The number of nitrogens with one attached hydrogen (secondary N) is 1. The lowest BCUT2D eigenvalue weighted by atomic mass is 9.76. The quantitative estimate of drug-likeness (QED) is 0.844. The van der Waals surface area contributed by atoms with Crippen LogP contribution in [0.3, 0.4) is 0 Å². The van der Waals surface area contributed by atoms with E-state index in [9.17, 15) is 14.7 Å². The van der Waals surface area contributed by atoms with Crippen LogP contribution in [0.15, 0.2) is 22.7 Å². The number of carboxylic acids is 1. The van der Waals surface area contributed by atoms with E-state index in [-0.39, 0.29) is 11.8 Å². The molecule has 4 nitrogen and oxygen atoms in total. The minimum Gasteiger partial charge on any atom is -0.480 e. The van der Waals surface area contributed by atoms with Gasteiger partial charge in [0.15, 0.2) is 0 Å². The van der Waals surface area contributed by atoms with E-state index >= 15 is 0 Å². The van der Waals surface area contributed by atoms with Crippen LogP contribution in [-0.2, 0) is 4.79 Å². The van der Waals surface area contributed by atoms with Crippen molar-refractivity contribution in [2.45, 2.75) is 38.1 Å². The molecule has 1 aromatic carbocycles. The SMILES string of the molecule is CC1CCCC(NC(=O)c2ccc(Cl)c(Br)c2)(C(=O)O)C1. The molecule has 1 saturated carbocycles. The smallest absolute Gasteiger partial charge is 0.329 e. The van der Waals surface area contributed by atoms with Gasteiger partial charge in [-0.1, -0.05) is 31.4 Å². The van der Waals surface area contributed by atoms with Crippen LogP contribution < -0.4 is 5.32 Å². The maximum Gasteiger partial charge on any atom is 0.329 e. The van der Waals surface area contributed by atoms with E-state index in [2.05, 4.69) is 21.2 Å². The summed E-state index contributed by atoms with van der Waals surface area (Å²) in [7, 11) is 0. The molecule has 6 heteroatoms. The summed E-state index contributed by atoms with van der Waals surface area (Å²) < 4.78 is 0.609. The average Bonchev–Trinajstić information content (AvgIpc) is 2.41. The summed E-state index contributed by atoms with van der Waals surface area (Å²) in [6.45, 7) is 2.02. The lowest BCUT2D eigenvalue weighted by molar-refractivity contribution is -0.146. The monoisotopic (exact) mass is 373 g/mol. The summed E-state index contributed by atoms with van der Waals surface area (Å²) in [5.74, 6) is -1.06. The second-order valence-electron chi connectivity index (χ2n) is 5.67. The van der Waals surface area contributed by atoms with Gasteiger partial charge < -0.3 is 10.4 Å². The van der Waals surface area contributed by atoms with Gasteiger partial charge in [0.05, 0.1) is 5.02 Å². The van der Waals surface area contributed by atoms with Gasteiger partial charge in [-0.3, -0.25) is 4.79 Å². The van der Waals surface area contributed by atoms with Crippen LogP contribution in [0, 0.1) is 5.92 Å². The molecule has 2 atom stereocenters. The number of hydrogen-bond acceptors (Lipinski definition) is 2. The van der Waals surface area contributed by atoms with Crippen molar-refractivity contribution in [3.63, 3.8) is 0 Å². The number of carbonyl (C=O) groups is 2. The van der Waals surface area contributed by atoms with Gasteiger partial charge in [-0.25, -0.2) is 4.79 Å². The zero-order valence-corrected chi connectivity index (χ0v) is 14.0. The second-order valence-corrected chi connectivity index (χ2v) is 6.93. The number of carboxylic acid groups (broad SMARTS) is 1. The van der Waals surface area contributed by atoms with E-state index in [0.29, 0.717) is 27.9 Å². The van der Waals surface area contributed by atoms with Crippen molar-refractivity contribution in [2.75, 3.05) is 0 Å². The number of amides is 1. The van der Waals surface area contributed by atoms with Crippen LogP contribution in [0.25, 0.3) is 0 Å². The Bertz CT molecular complexity index is 578. The van der Waals surface area contributed by atoms with Crippen LogP contribution >= 0.6 is 27.5 Å². The molecule has 0 aliphatic heterocycles. The first-order valence-electron chi connectivity index (χ1n) is 6.85. The third kappa shape index (κ3) is 3.58. The molecule has 0 aromatic heterocycles. The predicted molar refractivity (Wildman–Crippen MR) is 84.6 cm³/mol. The lowest BCUT2D eigenvalue weighted by Crippen LogP contribution is -2.56. The summed E-state index contributed by atoms with van der Waals surface area (Å²) in [6, 6.07) is 4.79. The molecule has 0 heterocycles. The van der Waals surface area contributed by atoms with Crippen molar-refractivity contribution in [3.05, 3.63) is 33.3 Å². The van der Waals surface area contributed by atoms with Crippen LogP contribution in [0.4, 0.5) is 0 Å². The predicted octanol–water partition coefficient (Wildman–Crippen LogP) is 3.87. The molecule has 1 amide bonds. The highest BCUT2D eigenvalue weighted by molar-refractivity contribution is 9.10. The number of halogens is 2. The second kappa shape index (κ2) is 6.36. The highest BCUT2D eigenvalue weighted by Gasteiger charge is 2.43. The number of hydrogen-bond donors (Lipinski definition) is 2. The summed E-state index contributed by atoms with van der Waals surface area (Å²) in [4.78, 5) is 24.0. The zero-order chi connectivity index (χ0) is 15.6. The largest absolute Gasteiger partial charge is 0.480 e. The molecule has 1 aromatic rings. The Balaban J connectivity index is 2.22. The highest BCUT2D eigenvalue weighted by Crippen LogP contribution is 2.33. The van der Waals surface area contributed by atoms with E-state index < -0.39 is 11.5 Å². The molecule has 1 fully saturated rings. The summed E-state index contributed by atoms with van der Waals surface area (Å²) in [5, 5.41) is 12.8. The van der Waals surface area contributed by atoms with E-state index in [4.69, 9.17) is 11.6 Å². The van der Waals surface area contributed by atoms with Gasteiger partial charge in [0, 0.05) is 10.0 Å². The fraction of sp³-hybridized carbons (Fsp3) is 0.467. The molecule has 2 unspecified atom stereocenters. The minimum atomic E-state index is -1.17. The fourth-order valence-electron chi connectivity index (χ4n) is 2.84. The van der Waals surface area contributed by atoms with Crippen molar-refractivity contribution >= 4 is 39.4 Å². The minimum absolute atomic E-state index is 0.284. The summed E-state index contributed by atoms with van der Waals surface area (Å²) in [5.41, 5.74) is -0.772. The first kappa shape index (κ1) is 16.3. The maximum absolute atomic E-state index is 12.4. The first-order valence-corrected chi connectivity index (χ1v) is 8.02. The van der Waals surface area contributed by atoms with Crippen molar-refractivity contribution in [1.82, 2.24) is 5.32 Å². The Morgan fingerprint density at radius 2 is 2.19 bits per heavy atom. The van der Waals surface area contributed by atoms with Crippen LogP contribution in [0.2, 0.25) is 5.02 Å². The molecule has 114 valence electrons. The standard InChI is InChI=1S/C15H17BrClNO3/c1-9-3-2-6-15(8-9,14(20)21)18-13(19)10-4-5-12(17)11(16)7-10/h4-5,7,9H,2-3,6,8H2,1H3,(H,18,19)(H,20,21). The number of benzene rings is 1. The molecular formula is C15H17BrClNO3. The van der Waals surface area contributed by atoms with Gasteiger partial charge in [-0.05, 0) is 52.9 Å². The van der Waals surface area contributed by atoms with E-state index in [1.165, 1.54) is 0 Å². The molecule has 0 bridgehead atoms. The Labute approximate surface area is 137 Å². The van der Waals surface area contributed by atoms with Gasteiger partial charge in [0.25, 0.3) is 5.91 Å². The van der Waals surface area contributed by atoms with Crippen molar-refractivity contribution in [1.29, 1.82) is 0 Å². The normalized spacial score (nSPS) is 25.4. The molecule has 0 spiro atoms. The van der Waals surface area contributed by atoms with Crippen LogP contribution in [0.5, 0.6) is 0 Å². The number of rotatable bonds is 3. The third-order valence-electron chi connectivity index (χ3n) is 3.94. The highest BCUT2D eigenvalue weighted by atomic mass is 79.9. The molecular weight excluding hydrogens is 358 g/mol. The van der Waals surface area contributed by atoms with Crippen molar-refractivity contribution in [2.24, 2.45) is 5.92 Å². The summed E-state index contributed by atoms with van der Waals surface area (Å²) >= 11 is 9.16. The van der Waals surface area contributed by atoms with E-state index in [1.807, 2.05) is 6.92 Å².